The van der Waals surface area contributed by atoms with Gasteiger partial charge in [-0.2, -0.15) is 0 Å². The van der Waals surface area contributed by atoms with Crippen LogP contribution in [0.5, 0.6) is 0 Å². The van der Waals surface area contributed by atoms with E-state index >= 15 is 0 Å². The Morgan fingerprint density at radius 1 is 1.59 bits per heavy atom. The summed E-state index contributed by atoms with van der Waals surface area (Å²) in [5.74, 6) is -4.76. The second-order valence-corrected chi connectivity index (χ2v) is 8.47. The van der Waals surface area contributed by atoms with Crippen LogP contribution in [0, 0.1) is 5.92 Å². The summed E-state index contributed by atoms with van der Waals surface area (Å²) in [6, 6.07) is 1.17. The van der Waals surface area contributed by atoms with Gasteiger partial charge in [-0.3, -0.25) is 0 Å². The molecule has 2 saturated heterocycles. The van der Waals surface area contributed by atoms with Gasteiger partial charge in [0.05, 0.1) is 0 Å². The van der Waals surface area contributed by atoms with E-state index in [1.807, 2.05) is 0 Å². The molecule has 0 amide bonds. The van der Waals surface area contributed by atoms with Crippen LogP contribution < -0.4 is 11.4 Å². The second kappa shape index (κ2) is 7.02. The van der Waals surface area contributed by atoms with Crippen LogP contribution in [0.2, 0.25) is 0 Å². The van der Waals surface area contributed by atoms with E-state index in [0.717, 1.165) is 6.20 Å². The summed E-state index contributed by atoms with van der Waals surface area (Å²) < 4.78 is 50.2. The van der Waals surface area contributed by atoms with Crippen molar-refractivity contribution >= 4 is 20.0 Å². The Hall–Kier alpha value is -1.72. The van der Waals surface area contributed by atoms with E-state index in [2.05, 4.69) is 4.98 Å². The van der Waals surface area contributed by atoms with Crippen molar-refractivity contribution in [3.05, 3.63) is 22.7 Å². The summed E-state index contributed by atoms with van der Waals surface area (Å²) in [5.41, 5.74) is 4.32. The number of anilines is 1. The number of carbonyl (C=O) groups excluding carboxylic acids is 1. The minimum atomic E-state index is -4.63. The number of nitrogens with zero attached hydrogens (tertiary/aromatic N) is 2. The molecule has 0 aromatic carbocycles. The topological polar surface area (TPSA) is 135 Å². The van der Waals surface area contributed by atoms with Crippen molar-refractivity contribution in [3.8, 4) is 0 Å². The predicted octanol–water partition coefficient (Wildman–Crippen LogP) is 0.765. The summed E-state index contributed by atoms with van der Waals surface area (Å²) in [6.07, 6.45) is -4.32. The fourth-order valence-electron chi connectivity index (χ4n) is 2.81. The van der Waals surface area contributed by atoms with E-state index in [1.54, 1.807) is 13.8 Å². The molecule has 27 heavy (non-hydrogen) atoms. The first kappa shape index (κ1) is 20.0. The number of ether oxygens (including phenoxy) is 1. The number of nitrogens with two attached hydrogens (primary N) is 1. The van der Waals surface area contributed by atoms with Crippen molar-refractivity contribution in [3.63, 3.8) is 0 Å². The van der Waals surface area contributed by atoms with Gasteiger partial charge in [0.2, 0.25) is 0 Å². The third-order valence-electron chi connectivity index (χ3n) is 3.98. The molecule has 3 N–H and O–H groups in total. The molecule has 3 atom stereocenters. The van der Waals surface area contributed by atoms with Crippen molar-refractivity contribution < 1.29 is 36.8 Å². The number of rotatable bonds is 4. The summed E-state index contributed by atoms with van der Waals surface area (Å²) in [4.78, 5) is 37.3. The van der Waals surface area contributed by atoms with Gasteiger partial charge in [-0.05, 0) is 0 Å². The Morgan fingerprint density at radius 3 is 2.93 bits per heavy atom. The molecule has 0 aliphatic carbocycles. The van der Waals surface area contributed by atoms with Crippen LogP contribution in [0.4, 0.5) is 14.6 Å². The van der Waals surface area contributed by atoms with Crippen molar-refractivity contribution in [2.75, 3.05) is 12.3 Å². The van der Waals surface area contributed by atoms with Crippen LogP contribution in [0.15, 0.2) is 17.1 Å². The maximum atomic E-state index is 14.8. The van der Waals surface area contributed by atoms with Crippen LogP contribution >= 0.6 is 8.17 Å². The van der Waals surface area contributed by atoms with Gasteiger partial charge >= 0.3 is 152 Å². The fraction of sp³-hybridized carbons (Fsp3) is 0.643. The Bertz CT molecular complexity index is 792. The van der Waals surface area contributed by atoms with E-state index in [9.17, 15) is 23.3 Å². The number of aromatic nitrogens is 2. The molecule has 0 bridgehead atoms. The molecule has 0 radical (unpaired) electrons. The molecule has 2 aliphatic rings. The first-order chi connectivity index (χ1) is 12.5. The molecule has 0 unspecified atom stereocenters. The van der Waals surface area contributed by atoms with Crippen molar-refractivity contribution in [1.82, 2.24) is 9.55 Å². The van der Waals surface area contributed by atoms with Gasteiger partial charge in [-0.1, -0.05) is 0 Å². The zero-order chi connectivity index (χ0) is 20.0. The quantitative estimate of drug-likeness (QED) is 0.689. The molecule has 2 aliphatic heterocycles. The Labute approximate surface area is 152 Å². The van der Waals surface area contributed by atoms with E-state index < -0.39 is 50.8 Å². The van der Waals surface area contributed by atoms with E-state index in [-0.39, 0.29) is 18.2 Å². The molecular formula is C14H20F2N3O7P. The van der Waals surface area contributed by atoms with Gasteiger partial charge in [-0.25, -0.2) is 0 Å². The molecule has 1 aromatic rings. The first-order valence-corrected chi connectivity index (χ1v) is 9.83. The summed E-state index contributed by atoms with van der Waals surface area (Å²) in [5, 5.41) is 0. The van der Waals surface area contributed by atoms with Gasteiger partial charge in [0, 0.05) is 0 Å². The zero-order valence-corrected chi connectivity index (χ0v) is 15.5. The average Bonchev–Trinajstić information content (AvgIpc) is 2.77. The molecule has 10 nitrogen and oxygen atoms in total. The van der Waals surface area contributed by atoms with Gasteiger partial charge in [0.25, 0.3) is 0 Å². The number of halogens is 2. The average molecular weight is 411 g/mol. The van der Waals surface area contributed by atoms with Crippen molar-refractivity contribution in [2.45, 2.75) is 44.6 Å². The van der Waals surface area contributed by atoms with Crippen molar-refractivity contribution in [2.24, 2.45) is 5.92 Å². The molecule has 0 spiro atoms. The molecule has 1 aromatic heterocycles. The summed E-state index contributed by atoms with van der Waals surface area (Å²) in [7, 11) is -4.63. The maximum absolute atomic E-state index is 14.8. The standard InChI is InChI=1S/C14H20F2N3O7P/c1-7(2)5-10(20)25-27(22)23-6-8-11(26-27)14(15,16)12(24-8)19-4-3-9(17)18-13(19)21/h3-4,7-8,11-12,22,27H,5-6H2,1-2H3,(H2,17,18,21)/t8-,11-,12-/m1/s1. The Balaban J connectivity index is 1.80. The third kappa shape index (κ3) is 3.94. The third-order valence-corrected chi connectivity index (χ3v) is 5.55. The molecule has 152 valence electrons. The normalized spacial score (nSPS) is 29.9. The monoisotopic (exact) mass is 411 g/mol. The Kier molecular flexibility index (Phi) is 5.21. The van der Waals surface area contributed by atoms with Gasteiger partial charge in [0.1, 0.15) is 0 Å². The van der Waals surface area contributed by atoms with Crippen LogP contribution in [0.25, 0.3) is 0 Å². The van der Waals surface area contributed by atoms with Crippen molar-refractivity contribution in [1.29, 1.82) is 0 Å². The number of hydrogen-bond donors (Lipinski definition) is 2. The van der Waals surface area contributed by atoms with Crippen LogP contribution in [0.1, 0.15) is 26.5 Å². The number of carbonyl (C=O) groups is 1. The van der Waals surface area contributed by atoms with E-state index in [0.29, 0.717) is 4.57 Å². The van der Waals surface area contributed by atoms with E-state index in [1.165, 1.54) is 6.07 Å². The summed E-state index contributed by atoms with van der Waals surface area (Å²) >= 11 is 0. The molecule has 3 heterocycles. The SMILES string of the molecule is CC(C)CC(=O)O[PH]1(O)OC[C@H]2O[C@@H](n3ccc(N)nc3=O)C(F)(F)[C@@H]2O1. The number of alkyl halides is 2. The zero-order valence-electron chi connectivity index (χ0n) is 14.5. The van der Waals surface area contributed by atoms with Gasteiger partial charge in [0.15, 0.2) is 0 Å². The molecule has 0 saturated carbocycles. The molecular weight excluding hydrogens is 391 g/mol. The molecule has 13 heteroatoms. The predicted molar refractivity (Wildman–Crippen MR) is 88.7 cm³/mol. The molecule has 3 rings (SSSR count). The van der Waals surface area contributed by atoms with Crippen LogP contribution in [-0.4, -0.2) is 45.2 Å². The second-order valence-electron chi connectivity index (χ2n) is 6.69. The molecule has 2 fully saturated rings. The van der Waals surface area contributed by atoms with E-state index in [4.69, 9.17) is 24.0 Å². The van der Waals surface area contributed by atoms with Gasteiger partial charge in [-0.15, -0.1) is 0 Å². The number of nitrogen functional groups attached to an aromatic ring is 1. The summed E-state index contributed by atoms with van der Waals surface area (Å²) in [6.45, 7) is 2.99. The van der Waals surface area contributed by atoms with Crippen LogP contribution in [0.3, 0.4) is 0 Å². The van der Waals surface area contributed by atoms with Crippen LogP contribution in [-0.2, 0) is 23.1 Å². The fourth-order valence-corrected chi connectivity index (χ4v) is 4.36. The van der Waals surface area contributed by atoms with Gasteiger partial charge < -0.3 is 0 Å². The first-order valence-electron chi connectivity index (χ1n) is 8.16. The Morgan fingerprint density at radius 2 is 2.30 bits per heavy atom. The number of fused-ring (bicyclic) bond motifs is 1. The minimum absolute atomic E-state index is 0.0435. The number of hydrogen-bond acceptors (Lipinski definition) is 9.